The first-order valence-electron chi connectivity index (χ1n) is 10.0. The Kier molecular flexibility index (Phi) is 5.08. The summed E-state index contributed by atoms with van der Waals surface area (Å²) in [5.74, 6) is -0.0867. The second kappa shape index (κ2) is 7.88. The average Bonchev–Trinajstić information content (AvgIpc) is 3.53. The number of thiophene rings is 1. The van der Waals surface area contributed by atoms with Crippen molar-refractivity contribution in [2.45, 2.75) is 44.1 Å². The van der Waals surface area contributed by atoms with Crippen LogP contribution in [0.3, 0.4) is 0 Å². The van der Waals surface area contributed by atoms with E-state index in [1.54, 1.807) is 11.3 Å². The molecule has 0 bridgehead atoms. The molecule has 1 fully saturated rings. The van der Waals surface area contributed by atoms with Crippen LogP contribution >= 0.6 is 22.7 Å². The minimum atomic E-state index is -0.362. The van der Waals surface area contributed by atoms with E-state index in [4.69, 9.17) is 0 Å². The van der Waals surface area contributed by atoms with Crippen LogP contribution in [-0.4, -0.2) is 38.2 Å². The Morgan fingerprint density at radius 2 is 2.07 bits per heavy atom. The number of carbonyl (C=O) groups excluding carboxylic acids is 2. The van der Waals surface area contributed by atoms with Crippen molar-refractivity contribution in [2.75, 3.05) is 11.9 Å². The minimum absolute atomic E-state index is 0.242. The molecule has 4 heterocycles. The molecule has 9 heteroatoms. The third kappa shape index (κ3) is 3.41. The summed E-state index contributed by atoms with van der Waals surface area (Å²) in [5.41, 5.74) is 0.857. The van der Waals surface area contributed by atoms with E-state index in [2.05, 4.69) is 31.7 Å². The summed E-state index contributed by atoms with van der Waals surface area (Å²) in [4.78, 5) is 42.7. The van der Waals surface area contributed by atoms with Gasteiger partial charge in [-0.2, -0.15) is 0 Å². The van der Waals surface area contributed by atoms with E-state index in [-0.39, 0.29) is 22.9 Å². The lowest BCUT2D eigenvalue weighted by molar-refractivity contribution is -0.138. The molecule has 30 heavy (non-hydrogen) atoms. The summed E-state index contributed by atoms with van der Waals surface area (Å²) in [5, 5.41) is 5.41. The van der Waals surface area contributed by atoms with Gasteiger partial charge in [0.2, 0.25) is 5.91 Å². The zero-order valence-electron chi connectivity index (χ0n) is 16.3. The van der Waals surface area contributed by atoms with Gasteiger partial charge in [-0.3, -0.25) is 19.9 Å². The summed E-state index contributed by atoms with van der Waals surface area (Å²) in [6, 6.07) is 4.15. The van der Waals surface area contributed by atoms with Crippen molar-refractivity contribution in [3.8, 4) is 0 Å². The van der Waals surface area contributed by atoms with E-state index in [0.717, 1.165) is 36.3 Å². The topological polar surface area (TPSA) is 88.1 Å². The van der Waals surface area contributed by atoms with Crippen LogP contribution in [0.25, 0.3) is 0 Å². The summed E-state index contributed by atoms with van der Waals surface area (Å²) in [6.45, 7) is 1.22. The van der Waals surface area contributed by atoms with Crippen LogP contribution in [0.5, 0.6) is 0 Å². The SMILES string of the molecule is O=C(Nc1nc2c(s1)CN(C(=O)C1(c3cccs3)CCCC1)CC2)c1cnccn1. The van der Waals surface area contributed by atoms with E-state index in [1.165, 1.54) is 34.8 Å². The number of rotatable bonds is 4. The number of hydrogen-bond donors (Lipinski definition) is 1. The maximum Gasteiger partial charge on any atom is 0.277 e. The first-order chi connectivity index (χ1) is 14.7. The zero-order chi connectivity index (χ0) is 20.6. The number of thiazole rings is 1. The lowest BCUT2D eigenvalue weighted by Crippen LogP contribution is -2.46. The van der Waals surface area contributed by atoms with Crippen LogP contribution in [0, 0.1) is 0 Å². The lowest BCUT2D eigenvalue weighted by Gasteiger charge is -2.35. The smallest absolute Gasteiger partial charge is 0.277 e. The molecule has 0 atom stereocenters. The van der Waals surface area contributed by atoms with Crippen LogP contribution in [0.4, 0.5) is 5.13 Å². The van der Waals surface area contributed by atoms with Crippen LogP contribution in [0.1, 0.15) is 51.6 Å². The van der Waals surface area contributed by atoms with Crippen LogP contribution in [0.2, 0.25) is 0 Å². The third-order valence-corrected chi connectivity index (χ3v) is 7.97. The molecule has 7 nitrogen and oxygen atoms in total. The van der Waals surface area contributed by atoms with Gasteiger partial charge in [-0.25, -0.2) is 9.97 Å². The van der Waals surface area contributed by atoms with Crippen molar-refractivity contribution >= 4 is 39.6 Å². The predicted molar refractivity (Wildman–Crippen MR) is 116 cm³/mol. The fraction of sp³-hybridized carbons (Fsp3) is 0.381. The summed E-state index contributed by atoms with van der Waals surface area (Å²) < 4.78 is 0. The van der Waals surface area contributed by atoms with Gasteiger partial charge in [-0.05, 0) is 24.3 Å². The standard InChI is InChI=1S/C21H21N5O2S2/c27-18(15-12-22-8-9-23-15)25-20-24-14-5-10-26(13-16(14)30-20)19(28)21(6-1-2-7-21)17-4-3-11-29-17/h3-4,8-9,11-12H,1-2,5-7,10,13H2,(H,24,25,27). The molecule has 0 spiro atoms. The number of fused-ring (bicyclic) bond motifs is 1. The highest BCUT2D eigenvalue weighted by Crippen LogP contribution is 2.45. The molecular weight excluding hydrogens is 418 g/mol. The summed E-state index contributed by atoms with van der Waals surface area (Å²) in [7, 11) is 0. The largest absolute Gasteiger partial charge is 0.336 e. The lowest BCUT2D eigenvalue weighted by atomic mass is 9.82. The van der Waals surface area contributed by atoms with Crippen LogP contribution in [0.15, 0.2) is 36.1 Å². The molecule has 3 aromatic rings. The van der Waals surface area contributed by atoms with Gasteiger partial charge in [0.25, 0.3) is 5.91 Å². The normalized spacial score (nSPS) is 17.5. The number of hydrogen-bond acceptors (Lipinski definition) is 7. The number of nitrogens with zero attached hydrogens (tertiary/aromatic N) is 4. The Morgan fingerprint density at radius 1 is 1.20 bits per heavy atom. The fourth-order valence-corrected chi connectivity index (χ4v) is 6.39. The molecule has 2 aliphatic rings. The van der Waals surface area contributed by atoms with Gasteiger partial charge in [-0.1, -0.05) is 30.2 Å². The zero-order valence-corrected chi connectivity index (χ0v) is 18.0. The molecule has 1 aliphatic heterocycles. The van der Waals surface area contributed by atoms with Crippen molar-refractivity contribution in [3.63, 3.8) is 0 Å². The number of amides is 2. The van der Waals surface area contributed by atoms with Crippen molar-refractivity contribution in [1.82, 2.24) is 19.9 Å². The van der Waals surface area contributed by atoms with E-state index < -0.39 is 0 Å². The van der Waals surface area contributed by atoms with Gasteiger partial charge in [0.05, 0.1) is 23.9 Å². The Morgan fingerprint density at radius 3 is 2.80 bits per heavy atom. The molecule has 2 amide bonds. The highest BCUT2D eigenvalue weighted by atomic mass is 32.1. The van der Waals surface area contributed by atoms with Crippen molar-refractivity contribution in [3.05, 3.63) is 57.2 Å². The predicted octanol–water partition coefficient (Wildman–Crippen LogP) is 3.64. The van der Waals surface area contributed by atoms with Crippen LogP contribution in [-0.2, 0) is 23.2 Å². The maximum atomic E-state index is 13.6. The summed E-state index contributed by atoms with van der Waals surface area (Å²) >= 11 is 3.13. The first-order valence-corrected chi connectivity index (χ1v) is 11.7. The molecule has 154 valence electrons. The molecule has 0 unspecified atom stereocenters. The average molecular weight is 440 g/mol. The Hall–Kier alpha value is -2.65. The van der Waals surface area contributed by atoms with E-state index in [0.29, 0.717) is 24.6 Å². The van der Waals surface area contributed by atoms with Crippen molar-refractivity contribution in [1.29, 1.82) is 0 Å². The summed E-state index contributed by atoms with van der Waals surface area (Å²) in [6.07, 6.45) is 9.20. The quantitative estimate of drug-likeness (QED) is 0.670. The number of anilines is 1. The van der Waals surface area contributed by atoms with Crippen molar-refractivity contribution in [2.24, 2.45) is 0 Å². The molecule has 5 rings (SSSR count). The van der Waals surface area contributed by atoms with E-state index in [1.807, 2.05) is 11.0 Å². The second-order valence-electron chi connectivity index (χ2n) is 7.68. The van der Waals surface area contributed by atoms with Gasteiger partial charge in [0.15, 0.2) is 5.13 Å². The highest BCUT2D eigenvalue weighted by molar-refractivity contribution is 7.15. The van der Waals surface area contributed by atoms with Gasteiger partial charge >= 0.3 is 0 Å². The second-order valence-corrected chi connectivity index (χ2v) is 9.71. The third-order valence-electron chi connectivity index (χ3n) is 5.89. The van der Waals surface area contributed by atoms with Gasteiger partial charge in [0.1, 0.15) is 5.69 Å². The number of nitrogens with one attached hydrogen (secondary N) is 1. The fourth-order valence-electron chi connectivity index (χ4n) is 4.40. The molecule has 1 aliphatic carbocycles. The van der Waals surface area contributed by atoms with Crippen molar-refractivity contribution < 1.29 is 9.59 Å². The monoisotopic (exact) mass is 439 g/mol. The minimum Gasteiger partial charge on any atom is -0.336 e. The van der Waals surface area contributed by atoms with Gasteiger partial charge in [0, 0.05) is 35.1 Å². The van der Waals surface area contributed by atoms with Crippen LogP contribution < -0.4 is 5.32 Å². The Bertz CT molecular complexity index is 1060. The Balaban J connectivity index is 1.33. The Labute approximate surface area is 182 Å². The highest BCUT2D eigenvalue weighted by Gasteiger charge is 2.46. The van der Waals surface area contributed by atoms with E-state index >= 15 is 0 Å². The molecule has 1 saturated carbocycles. The number of aromatic nitrogens is 3. The van der Waals surface area contributed by atoms with Gasteiger partial charge < -0.3 is 4.90 Å². The first kappa shape index (κ1) is 19.3. The molecule has 0 radical (unpaired) electrons. The molecule has 3 aromatic heterocycles. The molecule has 1 N–H and O–H groups in total. The number of carbonyl (C=O) groups is 2. The van der Waals surface area contributed by atoms with Gasteiger partial charge in [-0.15, -0.1) is 11.3 Å². The maximum absolute atomic E-state index is 13.6. The van der Waals surface area contributed by atoms with E-state index in [9.17, 15) is 9.59 Å². The molecule has 0 aromatic carbocycles. The molecule has 0 saturated heterocycles. The molecular formula is C21H21N5O2S2.